The van der Waals surface area contributed by atoms with E-state index in [4.69, 9.17) is 11.5 Å². The summed E-state index contributed by atoms with van der Waals surface area (Å²) in [6.45, 7) is 4.47. The predicted octanol–water partition coefficient (Wildman–Crippen LogP) is 11.6. The van der Waals surface area contributed by atoms with Crippen LogP contribution in [0.3, 0.4) is 0 Å². The highest BCUT2D eigenvalue weighted by Gasteiger charge is 2.06. The quantitative estimate of drug-likeness (QED) is 0.0723. The summed E-state index contributed by atoms with van der Waals surface area (Å²) < 4.78 is 0. The first-order valence-electron chi connectivity index (χ1n) is 18.4. The molecule has 0 spiro atoms. The summed E-state index contributed by atoms with van der Waals surface area (Å²) in [6, 6.07) is 31.5. The SMILES string of the molecule is CCCc1cc(N)ccc1Cc1ccc(CCCCCCCCCCCCc2ccc(Cc3ccc(N)cc3CCC)cc2)cc1. The third kappa shape index (κ3) is 12.3. The van der Waals surface area contributed by atoms with Gasteiger partial charge in [-0.1, -0.05) is 139 Å². The Kier molecular flexibility index (Phi) is 15.3. The van der Waals surface area contributed by atoms with Gasteiger partial charge < -0.3 is 11.5 Å². The lowest BCUT2D eigenvalue weighted by atomic mass is 9.95. The van der Waals surface area contributed by atoms with Gasteiger partial charge in [0.1, 0.15) is 0 Å². The third-order valence-corrected chi connectivity index (χ3v) is 9.52. The lowest BCUT2D eigenvalue weighted by molar-refractivity contribution is 0.551. The second-order valence-corrected chi connectivity index (χ2v) is 13.6. The molecule has 0 atom stereocenters. The van der Waals surface area contributed by atoms with Crippen LogP contribution in [0.1, 0.15) is 135 Å². The number of anilines is 2. The van der Waals surface area contributed by atoms with E-state index >= 15 is 0 Å². The minimum absolute atomic E-state index is 0.874. The van der Waals surface area contributed by atoms with Crippen molar-refractivity contribution in [1.29, 1.82) is 0 Å². The lowest BCUT2D eigenvalue weighted by Crippen LogP contribution is -1.98. The molecule has 46 heavy (non-hydrogen) atoms. The van der Waals surface area contributed by atoms with Crippen LogP contribution >= 0.6 is 0 Å². The molecule has 4 aromatic rings. The van der Waals surface area contributed by atoms with E-state index in [1.165, 1.54) is 122 Å². The molecule has 2 nitrogen and oxygen atoms in total. The van der Waals surface area contributed by atoms with Gasteiger partial charge in [-0.3, -0.25) is 0 Å². The van der Waals surface area contributed by atoms with Gasteiger partial charge in [-0.15, -0.1) is 0 Å². The van der Waals surface area contributed by atoms with Crippen molar-refractivity contribution in [3.63, 3.8) is 0 Å². The molecule has 0 fully saturated rings. The van der Waals surface area contributed by atoms with Crippen LogP contribution in [-0.4, -0.2) is 0 Å². The smallest absolute Gasteiger partial charge is 0.0316 e. The van der Waals surface area contributed by atoms with Crippen molar-refractivity contribution in [2.75, 3.05) is 11.5 Å². The Morgan fingerprint density at radius 3 is 1.02 bits per heavy atom. The zero-order valence-electron chi connectivity index (χ0n) is 29.0. The van der Waals surface area contributed by atoms with E-state index in [1.807, 2.05) is 12.1 Å². The molecule has 0 saturated heterocycles. The molecule has 0 aliphatic rings. The van der Waals surface area contributed by atoms with E-state index in [0.717, 1.165) is 49.9 Å². The van der Waals surface area contributed by atoms with Crippen LogP contribution in [0.5, 0.6) is 0 Å². The molecule has 0 unspecified atom stereocenters. The maximum atomic E-state index is 6.03. The molecule has 0 aliphatic heterocycles. The summed E-state index contributed by atoms with van der Waals surface area (Å²) in [7, 11) is 0. The fourth-order valence-electron chi connectivity index (χ4n) is 6.80. The highest BCUT2D eigenvalue weighted by Crippen LogP contribution is 2.22. The van der Waals surface area contributed by atoms with E-state index in [9.17, 15) is 0 Å². The molecule has 4 N–H and O–H groups in total. The molecule has 0 amide bonds. The molecule has 0 bridgehead atoms. The Balaban J connectivity index is 1.00. The molecule has 0 aromatic heterocycles. The van der Waals surface area contributed by atoms with Crippen molar-refractivity contribution in [2.45, 2.75) is 129 Å². The molecule has 0 aliphatic carbocycles. The first-order chi connectivity index (χ1) is 22.5. The number of aryl methyl sites for hydroxylation is 4. The van der Waals surface area contributed by atoms with Gasteiger partial charge >= 0.3 is 0 Å². The standard InChI is InChI=1S/C44H60N2/c1-3-15-39-33-43(45)29-27-41(39)31-37-23-19-35(20-24-37)17-13-11-9-7-5-6-8-10-12-14-18-36-21-25-38(26-22-36)32-42-28-30-44(46)34-40(42)16-4-2/h19-30,33-34H,3-18,31-32,45-46H2,1-2H3. The Morgan fingerprint density at radius 1 is 0.348 bits per heavy atom. The van der Waals surface area contributed by atoms with Gasteiger partial charge in [-0.2, -0.15) is 0 Å². The highest BCUT2D eigenvalue weighted by atomic mass is 14.5. The van der Waals surface area contributed by atoms with Crippen molar-refractivity contribution in [1.82, 2.24) is 0 Å². The van der Waals surface area contributed by atoms with Crippen LogP contribution in [0.25, 0.3) is 0 Å². The van der Waals surface area contributed by atoms with Crippen LogP contribution < -0.4 is 11.5 Å². The van der Waals surface area contributed by atoms with Crippen molar-refractivity contribution in [2.24, 2.45) is 0 Å². The largest absolute Gasteiger partial charge is 0.399 e. The molecule has 0 radical (unpaired) electrons. The molecule has 246 valence electrons. The van der Waals surface area contributed by atoms with Crippen molar-refractivity contribution < 1.29 is 0 Å². The fourth-order valence-corrected chi connectivity index (χ4v) is 6.80. The molecule has 0 saturated carbocycles. The number of rotatable bonds is 21. The zero-order valence-corrected chi connectivity index (χ0v) is 29.0. The van der Waals surface area contributed by atoms with Crippen LogP contribution in [0.2, 0.25) is 0 Å². The first kappa shape index (κ1) is 35.3. The normalized spacial score (nSPS) is 11.3. The fraction of sp³-hybridized carbons (Fsp3) is 0.455. The van der Waals surface area contributed by atoms with Gasteiger partial charge in [0.25, 0.3) is 0 Å². The van der Waals surface area contributed by atoms with Crippen molar-refractivity contribution in [3.05, 3.63) is 129 Å². The topological polar surface area (TPSA) is 52.0 Å². The number of unbranched alkanes of at least 4 members (excludes halogenated alkanes) is 9. The third-order valence-electron chi connectivity index (χ3n) is 9.52. The van der Waals surface area contributed by atoms with E-state index in [2.05, 4.69) is 86.6 Å². The van der Waals surface area contributed by atoms with Crippen LogP contribution in [0, 0.1) is 0 Å². The minimum atomic E-state index is 0.874. The van der Waals surface area contributed by atoms with Gasteiger partial charge in [0, 0.05) is 11.4 Å². The average Bonchev–Trinajstić information content (AvgIpc) is 3.06. The maximum Gasteiger partial charge on any atom is 0.0316 e. The van der Waals surface area contributed by atoms with Gasteiger partial charge in [0.15, 0.2) is 0 Å². The predicted molar refractivity (Wildman–Crippen MR) is 202 cm³/mol. The first-order valence-corrected chi connectivity index (χ1v) is 18.4. The van der Waals surface area contributed by atoms with Gasteiger partial charge in [0.2, 0.25) is 0 Å². The maximum absolute atomic E-state index is 6.03. The number of nitrogens with two attached hydrogens (primary N) is 2. The van der Waals surface area contributed by atoms with Gasteiger partial charge in [-0.05, 0) is 120 Å². The summed E-state index contributed by atoms with van der Waals surface area (Å²) in [5.41, 5.74) is 25.2. The van der Waals surface area contributed by atoms with E-state index in [0.29, 0.717) is 0 Å². The van der Waals surface area contributed by atoms with E-state index in [1.54, 1.807) is 0 Å². The molecular formula is C44H60N2. The second-order valence-electron chi connectivity index (χ2n) is 13.6. The summed E-state index contributed by atoms with van der Waals surface area (Å²) in [6.07, 6.45) is 22.6. The monoisotopic (exact) mass is 616 g/mol. The van der Waals surface area contributed by atoms with Gasteiger partial charge in [-0.25, -0.2) is 0 Å². The van der Waals surface area contributed by atoms with Crippen molar-refractivity contribution in [3.8, 4) is 0 Å². The Morgan fingerprint density at radius 2 is 0.674 bits per heavy atom. The van der Waals surface area contributed by atoms with E-state index < -0.39 is 0 Å². The molecule has 0 heterocycles. The highest BCUT2D eigenvalue weighted by molar-refractivity contribution is 5.47. The zero-order chi connectivity index (χ0) is 32.4. The summed E-state index contributed by atoms with van der Waals surface area (Å²) in [4.78, 5) is 0. The number of hydrogen-bond donors (Lipinski definition) is 2. The van der Waals surface area contributed by atoms with Gasteiger partial charge in [0.05, 0.1) is 0 Å². The number of nitrogen functional groups attached to an aromatic ring is 2. The Hall–Kier alpha value is -3.52. The molecule has 4 rings (SSSR count). The summed E-state index contributed by atoms with van der Waals surface area (Å²) >= 11 is 0. The Bertz CT molecular complexity index is 1310. The Labute approximate surface area is 281 Å². The van der Waals surface area contributed by atoms with Crippen molar-refractivity contribution >= 4 is 11.4 Å². The minimum Gasteiger partial charge on any atom is -0.399 e. The van der Waals surface area contributed by atoms with Crippen LogP contribution in [0.15, 0.2) is 84.9 Å². The number of benzene rings is 4. The van der Waals surface area contributed by atoms with Crippen LogP contribution in [-0.2, 0) is 38.5 Å². The van der Waals surface area contributed by atoms with E-state index in [-0.39, 0.29) is 0 Å². The summed E-state index contributed by atoms with van der Waals surface area (Å²) in [5.74, 6) is 0. The molecule has 2 heteroatoms. The second kappa shape index (κ2) is 19.9. The molecule has 4 aromatic carbocycles. The summed E-state index contributed by atoms with van der Waals surface area (Å²) in [5, 5.41) is 0. The lowest BCUT2D eigenvalue weighted by Gasteiger charge is -2.11. The van der Waals surface area contributed by atoms with Crippen LogP contribution in [0.4, 0.5) is 11.4 Å². The average molecular weight is 617 g/mol. The number of hydrogen-bond acceptors (Lipinski definition) is 2. The molecular weight excluding hydrogens is 556 g/mol.